The molecule has 2 aromatic rings. The highest BCUT2D eigenvalue weighted by Crippen LogP contribution is 2.18. The average molecular weight is 374 g/mol. The van der Waals surface area contributed by atoms with Crippen LogP contribution in [0.1, 0.15) is 28.8 Å². The number of carbonyl (C=O) groups is 2. The van der Waals surface area contributed by atoms with Crippen LogP contribution < -0.4 is 10.6 Å². The predicted molar refractivity (Wildman–Crippen MR) is 105 cm³/mol. The molecule has 2 N–H and O–H groups in total. The van der Waals surface area contributed by atoms with Gasteiger partial charge in [0, 0.05) is 32.7 Å². The number of halogens is 1. The Morgan fingerprint density at radius 1 is 1.08 bits per heavy atom. The molecule has 0 heterocycles. The third-order valence-electron chi connectivity index (χ3n) is 3.88. The van der Waals surface area contributed by atoms with Crippen molar-refractivity contribution in [3.63, 3.8) is 0 Å². The van der Waals surface area contributed by atoms with Crippen molar-refractivity contribution < 1.29 is 9.59 Å². The SMILES string of the molecule is CN(C)C(=O)CCCNCc1cccc(NC(=O)c2ccccc2Cl)c1. The van der Waals surface area contributed by atoms with Gasteiger partial charge in [-0.3, -0.25) is 9.59 Å². The van der Waals surface area contributed by atoms with Crippen LogP contribution in [0.3, 0.4) is 0 Å². The monoisotopic (exact) mass is 373 g/mol. The van der Waals surface area contributed by atoms with Gasteiger partial charge in [0.2, 0.25) is 5.91 Å². The molecule has 0 spiro atoms. The van der Waals surface area contributed by atoms with Gasteiger partial charge in [0.25, 0.3) is 5.91 Å². The fraction of sp³-hybridized carbons (Fsp3) is 0.300. The topological polar surface area (TPSA) is 61.4 Å². The zero-order chi connectivity index (χ0) is 18.9. The second kappa shape index (κ2) is 9.94. The summed E-state index contributed by atoms with van der Waals surface area (Å²) in [4.78, 5) is 25.4. The van der Waals surface area contributed by atoms with E-state index in [0.29, 0.717) is 23.6 Å². The van der Waals surface area contributed by atoms with Crippen molar-refractivity contribution in [2.45, 2.75) is 19.4 Å². The summed E-state index contributed by atoms with van der Waals surface area (Å²) in [5.74, 6) is -0.0982. The highest BCUT2D eigenvalue weighted by molar-refractivity contribution is 6.34. The zero-order valence-electron chi connectivity index (χ0n) is 15.1. The molecule has 2 amide bonds. The van der Waals surface area contributed by atoms with Crippen LogP contribution in [0, 0.1) is 0 Å². The van der Waals surface area contributed by atoms with Crippen molar-refractivity contribution in [3.05, 3.63) is 64.7 Å². The summed E-state index contributed by atoms with van der Waals surface area (Å²) < 4.78 is 0. The number of nitrogens with zero attached hydrogens (tertiary/aromatic N) is 1. The molecule has 2 aromatic carbocycles. The summed E-state index contributed by atoms with van der Waals surface area (Å²) in [7, 11) is 3.52. The molecule has 0 saturated carbocycles. The first kappa shape index (κ1) is 19.9. The number of benzene rings is 2. The molecular formula is C20H24ClN3O2. The van der Waals surface area contributed by atoms with Gasteiger partial charge in [-0.25, -0.2) is 0 Å². The maximum absolute atomic E-state index is 12.3. The van der Waals surface area contributed by atoms with E-state index in [-0.39, 0.29) is 11.8 Å². The summed E-state index contributed by atoms with van der Waals surface area (Å²) >= 11 is 6.06. The van der Waals surface area contributed by atoms with E-state index in [1.807, 2.05) is 24.3 Å². The molecule has 0 unspecified atom stereocenters. The lowest BCUT2D eigenvalue weighted by Crippen LogP contribution is -2.23. The lowest BCUT2D eigenvalue weighted by molar-refractivity contribution is -0.128. The lowest BCUT2D eigenvalue weighted by atomic mass is 10.1. The molecule has 0 aromatic heterocycles. The van der Waals surface area contributed by atoms with Gasteiger partial charge in [0.15, 0.2) is 0 Å². The predicted octanol–water partition coefficient (Wildman–Crippen LogP) is 3.55. The Labute approximate surface area is 159 Å². The van der Waals surface area contributed by atoms with Crippen LogP contribution in [0.15, 0.2) is 48.5 Å². The molecule has 0 aliphatic heterocycles. The number of amides is 2. The summed E-state index contributed by atoms with van der Waals surface area (Å²) in [5, 5.41) is 6.61. The van der Waals surface area contributed by atoms with Gasteiger partial charge in [-0.15, -0.1) is 0 Å². The van der Waals surface area contributed by atoms with E-state index in [2.05, 4.69) is 10.6 Å². The Bertz CT molecular complexity index is 762. The van der Waals surface area contributed by atoms with Crippen LogP contribution in [-0.2, 0) is 11.3 Å². The number of anilines is 1. The minimum Gasteiger partial charge on any atom is -0.349 e. The molecule has 2 rings (SSSR count). The van der Waals surface area contributed by atoms with Crippen molar-refractivity contribution in [1.29, 1.82) is 0 Å². The van der Waals surface area contributed by atoms with Gasteiger partial charge in [0.1, 0.15) is 0 Å². The molecule has 0 atom stereocenters. The number of rotatable bonds is 8. The molecule has 26 heavy (non-hydrogen) atoms. The van der Waals surface area contributed by atoms with E-state index in [0.717, 1.165) is 24.2 Å². The highest BCUT2D eigenvalue weighted by atomic mass is 35.5. The van der Waals surface area contributed by atoms with Gasteiger partial charge in [-0.05, 0) is 42.8 Å². The third kappa shape index (κ3) is 6.17. The van der Waals surface area contributed by atoms with E-state index < -0.39 is 0 Å². The van der Waals surface area contributed by atoms with Gasteiger partial charge >= 0.3 is 0 Å². The Morgan fingerprint density at radius 3 is 2.58 bits per heavy atom. The van der Waals surface area contributed by atoms with E-state index in [9.17, 15) is 9.59 Å². The van der Waals surface area contributed by atoms with Crippen molar-refractivity contribution in [1.82, 2.24) is 10.2 Å². The van der Waals surface area contributed by atoms with Crippen molar-refractivity contribution in [3.8, 4) is 0 Å². The molecule has 0 radical (unpaired) electrons. The van der Waals surface area contributed by atoms with E-state index in [1.54, 1.807) is 43.3 Å². The largest absolute Gasteiger partial charge is 0.349 e. The Hall–Kier alpha value is -2.37. The molecule has 138 valence electrons. The molecule has 5 nitrogen and oxygen atoms in total. The Kier molecular flexibility index (Phi) is 7.63. The number of nitrogens with one attached hydrogen (secondary N) is 2. The van der Waals surface area contributed by atoms with Crippen LogP contribution in [0.5, 0.6) is 0 Å². The van der Waals surface area contributed by atoms with Crippen LogP contribution >= 0.6 is 11.6 Å². The Balaban J connectivity index is 1.83. The molecule has 0 aliphatic rings. The fourth-order valence-corrected chi connectivity index (χ4v) is 2.65. The van der Waals surface area contributed by atoms with Gasteiger partial charge in [-0.1, -0.05) is 35.9 Å². The normalized spacial score (nSPS) is 10.4. The second-order valence-corrected chi connectivity index (χ2v) is 6.61. The Morgan fingerprint density at radius 2 is 1.85 bits per heavy atom. The first-order valence-electron chi connectivity index (χ1n) is 8.53. The van der Waals surface area contributed by atoms with Crippen LogP contribution in [-0.4, -0.2) is 37.4 Å². The van der Waals surface area contributed by atoms with E-state index in [1.165, 1.54) is 0 Å². The quantitative estimate of drug-likeness (QED) is 0.695. The number of hydrogen-bond donors (Lipinski definition) is 2. The van der Waals surface area contributed by atoms with Gasteiger partial charge in [0.05, 0.1) is 10.6 Å². The first-order valence-corrected chi connectivity index (χ1v) is 8.91. The summed E-state index contributed by atoms with van der Waals surface area (Å²) in [6.07, 6.45) is 1.33. The molecule has 0 aliphatic carbocycles. The minimum atomic E-state index is -0.233. The molecule has 6 heteroatoms. The maximum atomic E-state index is 12.3. The van der Waals surface area contributed by atoms with Crippen LogP contribution in [0.25, 0.3) is 0 Å². The maximum Gasteiger partial charge on any atom is 0.257 e. The third-order valence-corrected chi connectivity index (χ3v) is 4.21. The molecule has 0 fully saturated rings. The van der Waals surface area contributed by atoms with Gasteiger partial charge < -0.3 is 15.5 Å². The van der Waals surface area contributed by atoms with Gasteiger partial charge in [-0.2, -0.15) is 0 Å². The van der Waals surface area contributed by atoms with Crippen molar-refractivity contribution in [2.75, 3.05) is 26.0 Å². The minimum absolute atomic E-state index is 0.135. The average Bonchev–Trinajstić information content (AvgIpc) is 2.61. The molecule has 0 bridgehead atoms. The highest BCUT2D eigenvalue weighted by Gasteiger charge is 2.10. The number of carbonyl (C=O) groups excluding carboxylic acids is 2. The standard InChI is InChI=1S/C20H24ClN3O2/c1-24(2)19(25)11-6-12-22-14-15-7-5-8-16(13-15)23-20(26)17-9-3-4-10-18(17)21/h3-5,7-10,13,22H,6,11-12,14H2,1-2H3,(H,23,26). The van der Waals surface area contributed by atoms with Crippen molar-refractivity contribution >= 4 is 29.1 Å². The van der Waals surface area contributed by atoms with Crippen LogP contribution in [0.4, 0.5) is 5.69 Å². The lowest BCUT2D eigenvalue weighted by Gasteiger charge is -2.11. The van der Waals surface area contributed by atoms with E-state index >= 15 is 0 Å². The van der Waals surface area contributed by atoms with Crippen LogP contribution in [0.2, 0.25) is 5.02 Å². The first-order chi connectivity index (χ1) is 12.5. The summed E-state index contributed by atoms with van der Waals surface area (Å²) in [6.45, 7) is 1.43. The zero-order valence-corrected chi connectivity index (χ0v) is 15.8. The summed E-state index contributed by atoms with van der Waals surface area (Å²) in [5.41, 5.74) is 2.22. The second-order valence-electron chi connectivity index (χ2n) is 6.20. The van der Waals surface area contributed by atoms with Crippen molar-refractivity contribution in [2.24, 2.45) is 0 Å². The van der Waals surface area contributed by atoms with E-state index in [4.69, 9.17) is 11.6 Å². The number of hydrogen-bond acceptors (Lipinski definition) is 3. The smallest absolute Gasteiger partial charge is 0.257 e. The fourth-order valence-electron chi connectivity index (χ4n) is 2.42. The molecular weight excluding hydrogens is 350 g/mol. The summed E-state index contributed by atoms with van der Waals surface area (Å²) in [6, 6.07) is 14.6. The molecule has 0 saturated heterocycles.